The van der Waals surface area contributed by atoms with E-state index in [1.165, 1.54) is 12.1 Å². The lowest BCUT2D eigenvalue weighted by Gasteiger charge is -2.26. The molecule has 0 heterocycles. The van der Waals surface area contributed by atoms with Crippen molar-refractivity contribution in [1.82, 2.24) is 0 Å². The van der Waals surface area contributed by atoms with Gasteiger partial charge in [0, 0.05) is 5.41 Å². The van der Waals surface area contributed by atoms with Crippen molar-refractivity contribution in [1.29, 1.82) is 0 Å². The van der Waals surface area contributed by atoms with E-state index in [9.17, 15) is 14.7 Å². The van der Waals surface area contributed by atoms with Gasteiger partial charge in [-0.1, -0.05) is 38.1 Å². The molecule has 0 bridgehead atoms. The number of ether oxygens (including phenoxy) is 1. The second-order valence-corrected chi connectivity index (χ2v) is 5.87. The molecule has 0 aliphatic rings. The molecule has 0 saturated heterocycles. The molecule has 0 atom stereocenters. The van der Waals surface area contributed by atoms with Crippen molar-refractivity contribution in [2.45, 2.75) is 25.4 Å². The summed E-state index contributed by atoms with van der Waals surface area (Å²) >= 11 is 0. The Morgan fingerprint density at radius 1 is 0.875 bits per heavy atom. The summed E-state index contributed by atoms with van der Waals surface area (Å²) in [6, 6.07) is 13.5. The summed E-state index contributed by atoms with van der Waals surface area (Å²) in [5.41, 5.74) is 1.57. The summed E-state index contributed by atoms with van der Waals surface area (Å²) < 4.78 is 4.99. The van der Waals surface area contributed by atoms with Gasteiger partial charge in [0.2, 0.25) is 0 Å². The molecule has 0 radical (unpaired) electrons. The zero-order chi connectivity index (χ0) is 17.9. The SMILES string of the molecule is CC(C)(c1ccc(O)cc1)c1ccc(OC(C(=O)O)C(=O)O)cc1. The van der Waals surface area contributed by atoms with Crippen LogP contribution in [0.5, 0.6) is 11.5 Å². The molecular formula is C18H18O6. The smallest absolute Gasteiger partial charge is 0.356 e. The normalized spacial score (nSPS) is 11.3. The molecule has 0 amide bonds. The van der Waals surface area contributed by atoms with E-state index in [1.807, 2.05) is 26.0 Å². The Balaban J connectivity index is 2.23. The molecule has 6 nitrogen and oxygen atoms in total. The fourth-order valence-electron chi connectivity index (χ4n) is 2.34. The van der Waals surface area contributed by atoms with Gasteiger partial charge in [-0.25, -0.2) is 9.59 Å². The highest BCUT2D eigenvalue weighted by Crippen LogP contribution is 2.33. The standard InChI is InChI=1S/C18H18O6/c1-18(2,11-3-7-13(19)8-4-11)12-5-9-14(10-6-12)24-15(16(20)21)17(22)23/h3-10,15,19H,1-2H3,(H,20,21)(H,22,23). The Morgan fingerprint density at radius 3 is 1.71 bits per heavy atom. The maximum Gasteiger partial charge on any atom is 0.356 e. The van der Waals surface area contributed by atoms with E-state index < -0.39 is 18.0 Å². The maximum absolute atomic E-state index is 10.9. The number of carboxylic acids is 2. The van der Waals surface area contributed by atoms with Crippen LogP contribution >= 0.6 is 0 Å². The third-order valence-corrected chi connectivity index (χ3v) is 3.87. The van der Waals surface area contributed by atoms with Crippen molar-refractivity contribution < 1.29 is 29.6 Å². The van der Waals surface area contributed by atoms with E-state index >= 15 is 0 Å². The maximum atomic E-state index is 10.9. The first kappa shape index (κ1) is 17.3. The molecule has 2 aromatic carbocycles. The van der Waals surface area contributed by atoms with Crippen LogP contribution in [0.25, 0.3) is 0 Å². The number of phenolic OH excluding ortho intramolecular Hbond substituents is 1. The van der Waals surface area contributed by atoms with Crippen molar-refractivity contribution in [3.8, 4) is 11.5 Å². The topological polar surface area (TPSA) is 104 Å². The lowest BCUT2D eigenvalue weighted by atomic mass is 9.78. The van der Waals surface area contributed by atoms with Crippen LogP contribution in [-0.4, -0.2) is 33.4 Å². The van der Waals surface area contributed by atoms with Gasteiger partial charge in [0.1, 0.15) is 11.5 Å². The van der Waals surface area contributed by atoms with Crippen LogP contribution in [0.2, 0.25) is 0 Å². The van der Waals surface area contributed by atoms with Gasteiger partial charge >= 0.3 is 11.9 Å². The lowest BCUT2D eigenvalue weighted by Crippen LogP contribution is -2.35. The number of hydrogen-bond donors (Lipinski definition) is 3. The number of phenols is 1. The Hall–Kier alpha value is -3.02. The third-order valence-electron chi connectivity index (χ3n) is 3.87. The number of rotatable bonds is 6. The quantitative estimate of drug-likeness (QED) is 0.703. The summed E-state index contributed by atoms with van der Waals surface area (Å²) in [4.78, 5) is 21.7. The average Bonchev–Trinajstić information content (AvgIpc) is 2.53. The highest BCUT2D eigenvalue weighted by Gasteiger charge is 2.28. The van der Waals surface area contributed by atoms with E-state index in [0.29, 0.717) is 0 Å². The van der Waals surface area contributed by atoms with Crippen LogP contribution in [0, 0.1) is 0 Å². The second kappa shape index (κ2) is 6.62. The molecule has 0 unspecified atom stereocenters. The summed E-state index contributed by atoms with van der Waals surface area (Å²) in [5.74, 6) is -2.77. The Morgan fingerprint density at radius 2 is 1.29 bits per heavy atom. The van der Waals surface area contributed by atoms with Crippen LogP contribution in [-0.2, 0) is 15.0 Å². The zero-order valence-corrected chi connectivity index (χ0v) is 13.3. The van der Waals surface area contributed by atoms with Gasteiger partial charge in [0.25, 0.3) is 6.10 Å². The minimum absolute atomic E-state index is 0.162. The first-order chi connectivity index (χ1) is 11.2. The van der Waals surface area contributed by atoms with Crippen LogP contribution in [0.3, 0.4) is 0 Å². The van der Waals surface area contributed by atoms with Gasteiger partial charge in [-0.15, -0.1) is 0 Å². The summed E-state index contributed by atoms with van der Waals surface area (Å²) in [5, 5.41) is 27.1. The van der Waals surface area contributed by atoms with E-state index in [1.54, 1.807) is 24.3 Å². The summed E-state index contributed by atoms with van der Waals surface area (Å²) in [6.45, 7) is 4.01. The van der Waals surface area contributed by atoms with Gasteiger partial charge in [-0.3, -0.25) is 0 Å². The summed E-state index contributed by atoms with van der Waals surface area (Å²) in [7, 11) is 0. The fraction of sp³-hybridized carbons (Fsp3) is 0.222. The monoisotopic (exact) mass is 330 g/mol. The van der Waals surface area contributed by atoms with Gasteiger partial charge in [0.05, 0.1) is 0 Å². The number of aromatic hydroxyl groups is 1. The highest BCUT2D eigenvalue weighted by molar-refractivity contribution is 5.96. The van der Waals surface area contributed by atoms with Gasteiger partial charge in [-0.2, -0.15) is 0 Å². The lowest BCUT2D eigenvalue weighted by molar-refractivity contribution is -0.159. The molecule has 0 saturated carbocycles. The zero-order valence-electron chi connectivity index (χ0n) is 13.3. The molecule has 24 heavy (non-hydrogen) atoms. The van der Waals surface area contributed by atoms with Gasteiger partial charge in [-0.05, 0) is 35.4 Å². The van der Waals surface area contributed by atoms with Crippen molar-refractivity contribution in [2.75, 3.05) is 0 Å². The number of benzene rings is 2. The first-order valence-electron chi connectivity index (χ1n) is 7.24. The number of carbonyl (C=O) groups is 2. The second-order valence-electron chi connectivity index (χ2n) is 5.87. The molecule has 0 aliphatic heterocycles. The third kappa shape index (κ3) is 3.65. The van der Waals surface area contributed by atoms with Gasteiger partial charge in [0.15, 0.2) is 0 Å². The predicted molar refractivity (Wildman–Crippen MR) is 86.4 cm³/mol. The predicted octanol–water partition coefficient (Wildman–Crippen LogP) is 2.63. The van der Waals surface area contributed by atoms with E-state index in [-0.39, 0.29) is 16.9 Å². The molecule has 0 aliphatic carbocycles. The van der Waals surface area contributed by atoms with Crippen LogP contribution in [0.15, 0.2) is 48.5 Å². The Labute approximate surface area is 138 Å². The molecule has 3 N–H and O–H groups in total. The largest absolute Gasteiger partial charge is 0.508 e. The van der Waals surface area contributed by atoms with Crippen molar-refractivity contribution in [2.24, 2.45) is 0 Å². The molecule has 6 heteroatoms. The molecule has 2 aromatic rings. The van der Waals surface area contributed by atoms with Crippen molar-refractivity contribution in [3.05, 3.63) is 59.7 Å². The van der Waals surface area contributed by atoms with E-state index in [4.69, 9.17) is 14.9 Å². The molecule has 0 aromatic heterocycles. The van der Waals surface area contributed by atoms with E-state index in [2.05, 4.69) is 0 Å². The van der Waals surface area contributed by atoms with Gasteiger partial charge < -0.3 is 20.1 Å². The fourth-order valence-corrected chi connectivity index (χ4v) is 2.34. The first-order valence-corrected chi connectivity index (χ1v) is 7.24. The van der Waals surface area contributed by atoms with Crippen molar-refractivity contribution >= 4 is 11.9 Å². The highest BCUT2D eigenvalue weighted by atomic mass is 16.5. The minimum Gasteiger partial charge on any atom is -0.508 e. The Kier molecular flexibility index (Phi) is 4.78. The Bertz CT molecular complexity index is 717. The average molecular weight is 330 g/mol. The molecule has 126 valence electrons. The van der Waals surface area contributed by atoms with Crippen molar-refractivity contribution in [3.63, 3.8) is 0 Å². The number of carboxylic acid groups (broad SMARTS) is 2. The summed E-state index contributed by atoms with van der Waals surface area (Å²) in [6.07, 6.45) is -1.94. The van der Waals surface area contributed by atoms with Crippen LogP contribution in [0.1, 0.15) is 25.0 Å². The van der Waals surface area contributed by atoms with Crippen LogP contribution in [0.4, 0.5) is 0 Å². The number of hydrogen-bond acceptors (Lipinski definition) is 4. The molecule has 0 spiro atoms. The van der Waals surface area contributed by atoms with Crippen LogP contribution < -0.4 is 4.74 Å². The number of aliphatic carboxylic acids is 2. The van der Waals surface area contributed by atoms with E-state index in [0.717, 1.165) is 11.1 Å². The molecule has 0 fully saturated rings. The molecule has 2 rings (SSSR count). The minimum atomic E-state index is -1.94. The molecular weight excluding hydrogens is 312 g/mol.